The molecule has 1 unspecified atom stereocenters. The minimum atomic E-state index is -1.00. The number of rotatable bonds is 5. The van der Waals surface area contributed by atoms with Crippen molar-refractivity contribution in [3.63, 3.8) is 0 Å². The topological polar surface area (TPSA) is 84.6 Å². The molecular formula is C16H24N2O3. The summed E-state index contributed by atoms with van der Waals surface area (Å²) in [7, 11) is 0. The van der Waals surface area contributed by atoms with Gasteiger partial charge in [0, 0.05) is 24.0 Å². The van der Waals surface area contributed by atoms with Crippen LogP contribution in [0.3, 0.4) is 0 Å². The summed E-state index contributed by atoms with van der Waals surface area (Å²) in [5, 5.41) is 12.6. The Balaban J connectivity index is 2.11. The lowest BCUT2D eigenvalue weighted by molar-refractivity contribution is -0.0864. The molecule has 1 saturated heterocycles. The first-order valence-electron chi connectivity index (χ1n) is 7.53. The zero-order valence-electron chi connectivity index (χ0n) is 12.7. The van der Waals surface area contributed by atoms with Gasteiger partial charge in [-0.3, -0.25) is 0 Å². The van der Waals surface area contributed by atoms with Crippen LogP contribution in [0.2, 0.25) is 0 Å². The average Bonchev–Trinajstić information content (AvgIpc) is 2.49. The minimum absolute atomic E-state index is 0.0562. The van der Waals surface area contributed by atoms with Crippen molar-refractivity contribution in [1.29, 1.82) is 0 Å². The van der Waals surface area contributed by atoms with Crippen LogP contribution in [-0.2, 0) is 4.74 Å². The number of carboxylic acids is 1. The number of carbonyl (C=O) groups is 1. The fourth-order valence-electron chi connectivity index (χ4n) is 2.96. The number of nitrogens with one attached hydrogen (secondary N) is 1. The Hall–Kier alpha value is -1.75. The van der Waals surface area contributed by atoms with Gasteiger partial charge in [0.05, 0.1) is 11.2 Å². The van der Waals surface area contributed by atoms with Gasteiger partial charge in [0.25, 0.3) is 0 Å². The van der Waals surface area contributed by atoms with Crippen molar-refractivity contribution < 1.29 is 14.6 Å². The Morgan fingerprint density at radius 2 is 2.19 bits per heavy atom. The fraction of sp³-hybridized carbons (Fsp3) is 0.562. The second kappa shape index (κ2) is 6.35. The standard InChI is InChI=1S/C16H24N2O3/c1-3-16(4-2)10-12(7-8-21-16)18-11-5-6-14(17)13(9-11)15(19)20/h5-6,9,12,18H,3-4,7-8,10,17H2,1-2H3,(H,19,20). The average molecular weight is 292 g/mol. The predicted molar refractivity (Wildman–Crippen MR) is 83.7 cm³/mol. The number of hydrogen-bond acceptors (Lipinski definition) is 4. The molecule has 1 aromatic rings. The van der Waals surface area contributed by atoms with Crippen LogP contribution in [0, 0.1) is 0 Å². The Morgan fingerprint density at radius 3 is 2.81 bits per heavy atom. The molecule has 1 atom stereocenters. The molecule has 2 rings (SSSR count). The van der Waals surface area contributed by atoms with Crippen LogP contribution in [0.25, 0.3) is 0 Å². The van der Waals surface area contributed by atoms with Crippen LogP contribution in [0.15, 0.2) is 18.2 Å². The Labute approximate surface area is 125 Å². The van der Waals surface area contributed by atoms with Gasteiger partial charge in [0.1, 0.15) is 0 Å². The number of hydrogen-bond donors (Lipinski definition) is 3. The van der Waals surface area contributed by atoms with Gasteiger partial charge in [-0.1, -0.05) is 13.8 Å². The minimum Gasteiger partial charge on any atom is -0.478 e. The number of ether oxygens (including phenoxy) is 1. The van der Waals surface area contributed by atoms with Crippen LogP contribution in [0.4, 0.5) is 11.4 Å². The van der Waals surface area contributed by atoms with Gasteiger partial charge in [-0.25, -0.2) is 4.79 Å². The molecule has 1 aromatic carbocycles. The van der Waals surface area contributed by atoms with E-state index in [0.29, 0.717) is 6.04 Å². The van der Waals surface area contributed by atoms with E-state index < -0.39 is 5.97 Å². The number of aromatic carboxylic acids is 1. The summed E-state index contributed by atoms with van der Waals surface area (Å²) in [6, 6.07) is 5.37. The molecular weight excluding hydrogens is 268 g/mol. The second-order valence-electron chi connectivity index (χ2n) is 5.68. The van der Waals surface area contributed by atoms with Crippen molar-refractivity contribution in [1.82, 2.24) is 0 Å². The third-order valence-electron chi connectivity index (χ3n) is 4.44. The summed E-state index contributed by atoms with van der Waals surface area (Å²) < 4.78 is 5.96. The smallest absolute Gasteiger partial charge is 0.337 e. The molecule has 0 amide bonds. The Morgan fingerprint density at radius 1 is 1.48 bits per heavy atom. The van der Waals surface area contributed by atoms with Crippen molar-refractivity contribution in [3.05, 3.63) is 23.8 Å². The van der Waals surface area contributed by atoms with Gasteiger partial charge in [0.15, 0.2) is 0 Å². The first-order chi connectivity index (χ1) is 9.99. The molecule has 0 spiro atoms. The maximum absolute atomic E-state index is 11.1. The van der Waals surface area contributed by atoms with E-state index in [2.05, 4.69) is 19.2 Å². The molecule has 1 aliphatic heterocycles. The highest BCUT2D eigenvalue weighted by Crippen LogP contribution is 2.33. The number of anilines is 2. The Kier molecular flexibility index (Phi) is 4.73. The monoisotopic (exact) mass is 292 g/mol. The van der Waals surface area contributed by atoms with Gasteiger partial charge in [0.2, 0.25) is 0 Å². The van der Waals surface area contributed by atoms with Gasteiger partial charge < -0.3 is 20.9 Å². The van der Waals surface area contributed by atoms with Crippen molar-refractivity contribution in [2.75, 3.05) is 17.7 Å². The summed E-state index contributed by atoms with van der Waals surface area (Å²) in [6.45, 7) is 5.04. The summed E-state index contributed by atoms with van der Waals surface area (Å²) in [6.07, 6.45) is 3.84. The summed E-state index contributed by atoms with van der Waals surface area (Å²) in [4.78, 5) is 11.1. The Bertz CT molecular complexity index is 512. The maximum Gasteiger partial charge on any atom is 0.337 e. The molecule has 0 radical (unpaired) electrons. The van der Waals surface area contributed by atoms with Gasteiger partial charge in [-0.15, -0.1) is 0 Å². The molecule has 0 saturated carbocycles. The lowest BCUT2D eigenvalue weighted by Crippen LogP contribution is -2.43. The molecule has 5 nitrogen and oxygen atoms in total. The highest BCUT2D eigenvalue weighted by Gasteiger charge is 2.34. The largest absolute Gasteiger partial charge is 0.478 e. The van der Waals surface area contributed by atoms with E-state index in [4.69, 9.17) is 15.6 Å². The van der Waals surface area contributed by atoms with Crippen molar-refractivity contribution in [3.8, 4) is 0 Å². The highest BCUT2D eigenvalue weighted by molar-refractivity contribution is 5.94. The second-order valence-corrected chi connectivity index (χ2v) is 5.68. The van der Waals surface area contributed by atoms with Crippen molar-refractivity contribution in [2.45, 2.75) is 51.2 Å². The molecule has 0 bridgehead atoms. The number of nitrogen functional groups attached to an aromatic ring is 1. The predicted octanol–water partition coefficient (Wildman–Crippen LogP) is 3.12. The molecule has 1 aliphatic rings. The normalized spacial score (nSPS) is 21.0. The lowest BCUT2D eigenvalue weighted by atomic mass is 9.86. The first-order valence-corrected chi connectivity index (χ1v) is 7.53. The molecule has 0 aliphatic carbocycles. The molecule has 4 N–H and O–H groups in total. The SMILES string of the molecule is CCC1(CC)CC(Nc2ccc(N)c(C(=O)O)c2)CCO1. The van der Waals surface area contributed by atoms with E-state index in [-0.39, 0.29) is 16.9 Å². The fourth-order valence-corrected chi connectivity index (χ4v) is 2.96. The zero-order valence-corrected chi connectivity index (χ0v) is 12.7. The highest BCUT2D eigenvalue weighted by atomic mass is 16.5. The molecule has 21 heavy (non-hydrogen) atoms. The van der Waals surface area contributed by atoms with Crippen molar-refractivity contribution >= 4 is 17.3 Å². The van der Waals surface area contributed by atoms with E-state index in [9.17, 15) is 4.79 Å². The summed E-state index contributed by atoms with van der Waals surface area (Å²) in [5.41, 5.74) is 6.86. The number of carboxylic acid groups (broad SMARTS) is 1. The van der Waals surface area contributed by atoms with Crippen molar-refractivity contribution in [2.24, 2.45) is 0 Å². The van der Waals surface area contributed by atoms with Gasteiger partial charge in [-0.2, -0.15) is 0 Å². The van der Waals surface area contributed by atoms with Crippen LogP contribution in [0.1, 0.15) is 49.9 Å². The molecule has 5 heteroatoms. The zero-order chi connectivity index (χ0) is 15.5. The van der Waals surface area contributed by atoms with Crippen LogP contribution < -0.4 is 11.1 Å². The van der Waals surface area contributed by atoms with E-state index in [1.54, 1.807) is 12.1 Å². The summed E-state index contributed by atoms with van der Waals surface area (Å²) >= 11 is 0. The summed E-state index contributed by atoms with van der Waals surface area (Å²) in [5.74, 6) is -1.00. The van der Waals surface area contributed by atoms with E-state index in [1.807, 2.05) is 6.07 Å². The molecule has 1 heterocycles. The molecule has 0 aromatic heterocycles. The van der Waals surface area contributed by atoms with E-state index in [0.717, 1.165) is 38.0 Å². The van der Waals surface area contributed by atoms with Crippen LogP contribution in [-0.4, -0.2) is 29.3 Å². The number of benzene rings is 1. The van der Waals surface area contributed by atoms with Gasteiger partial charge in [-0.05, 0) is 43.9 Å². The van der Waals surface area contributed by atoms with Crippen LogP contribution >= 0.6 is 0 Å². The number of nitrogens with two attached hydrogens (primary N) is 1. The molecule has 1 fully saturated rings. The lowest BCUT2D eigenvalue weighted by Gasteiger charge is -2.40. The first kappa shape index (κ1) is 15.6. The third kappa shape index (κ3) is 3.47. The molecule has 116 valence electrons. The third-order valence-corrected chi connectivity index (χ3v) is 4.44. The van der Waals surface area contributed by atoms with E-state index >= 15 is 0 Å². The van der Waals surface area contributed by atoms with Gasteiger partial charge >= 0.3 is 5.97 Å². The maximum atomic E-state index is 11.1. The quantitative estimate of drug-likeness (QED) is 0.726. The van der Waals surface area contributed by atoms with Crippen LogP contribution in [0.5, 0.6) is 0 Å². The van der Waals surface area contributed by atoms with E-state index in [1.165, 1.54) is 0 Å².